The molecule has 0 aliphatic carbocycles. The maximum Gasteiger partial charge on any atom is 0.335 e. The molecule has 1 N–H and O–H groups in total. The number of carboxylic acids is 1. The van der Waals surface area contributed by atoms with Crippen LogP contribution in [0.2, 0.25) is 0 Å². The highest BCUT2D eigenvalue weighted by Gasteiger charge is 2.12. The number of aromatic nitrogens is 3. The van der Waals surface area contributed by atoms with Gasteiger partial charge in [0.1, 0.15) is 5.82 Å². The molecular formula is C23H19BrN4O3. The van der Waals surface area contributed by atoms with Crippen molar-refractivity contribution in [3.63, 3.8) is 0 Å². The van der Waals surface area contributed by atoms with Crippen LogP contribution >= 0.6 is 15.9 Å². The van der Waals surface area contributed by atoms with Crippen molar-refractivity contribution in [1.82, 2.24) is 14.2 Å². The van der Waals surface area contributed by atoms with E-state index in [1.54, 1.807) is 43.5 Å². The Morgan fingerprint density at radius 1 is 1.13 bits per heavy atom. The molecule has 8 heteroatoms. The van der Waals surface area contributed by atoms with E-state index in [-0.39, 0.29) is 11.1 Å². The largest absolute Gasteiger partial charge is 0.478 e. The van der Waals surface area contributed by atoms with Crippen molar-refractivity contribution >= 4 is 39.0 Å². The number of aryl methyl sites for hydroxylation is 2. The topological polar surface area (TPSA) is 89.5 Å². The van der Waals surface area contributed by atoms with E-state index in [2.05, 4.69) is 26.0 Å². The number of carboxylic acid groups (broad SMARTS) is 1. The van der Waals surface area contributed by atoms with Gasteiger partial charge in [0.2, 0.25) is 0 Å². The summed E-state index contributed by atoms with van der Waals surface area (Å²) in [6.45, 7) is 5.60. The minimum Gasteiger partial charge on any atom is -0.478 e. The Balaban J connectivity index is 1.78. The normalized spacial score (nSPS) is 11.5. The van der Waals surface area contributed by atoms with Crippen molar-refractivity contribution in [2.45, 2.75) is 20.8 Å². The molecule has 31 heavy (non-hydrogen) atoms. The van der Waals surface area contributed by atoms with Gasteiger partial charge in [-0.3, -0.25) is 4.79 Å². The molecule has 7 nitrogen and oxygen atoms in total. The summed E-state index contributed by atoms with van der Waals surface area (Å²) in [4.78, 5) is 28.7. The molecule has 2 heterocycles. The number of carbonyl (C=O) groups is 1. The Labute approximate surface area is 186 Å². The molecule has 0 aliphatic rings. The average Bonchev–Trinajstić information content (AvgIpc) is 3.01. The van der Waals surface area contributed by atoms with E-state index in [0.717, 1.165) is 27.1 Å². The lowest BCUT2D eigenvalue weighted by Crippen LogP contribution is -2.20. The fourth-order valence-corrected chi connectivity index (χ4v) is 3.97. The van der Waals surface area contributed by atoms with E-state index in [4.69, 9.17) is 0 Å². The van der Waals surface area contributed by atoms with Gasteiger partial charge in [0.05, 0.1) is 22.7 Å². The lowest BCUT2D eigenvalue weighted by Gasteiger charge is -2.10. The molecule has 0 radical (unpaired) electrons. The molecule has 0 bridgehead atoms. The van der Waals surface area contributed by atoms with Crippen LogP contribution in [-0.2, 0) is 0 Å². The van der Waals surface area contributed by atoms with Crippen LogP contribution in [-0.4, -0.2) is 31.5 Å². The van der Waals surface area contributed by atoms with Crippen LogP contribution in [0.25, 0.3) is 16.6 Å². The molecular weight excluding hydrogens is 460 g/mol. The number of fused-ring (bicyclic) bond motifs is 1. The van der Waals surface area contributed by atoms with Gasteiger partial charge in [-0.05, 0) is 63.2 Å². The molecule has 0 aliphatic heterocycles. The molecule has 0 fully saturated rings. The van der Waals surface area contributed by atoms with Crippen molar-refractivity contribution in [1.29, 1.82) is 0 Å². The average molecular weight is 479 g/mol. The monoisotopic (exact) mass is 478 g/mol. The van der Waals surface area contributed by atoms with Gasteiger partial charge < -0.3 is 9.67 Å². The first-order valence-corrected chi connectivity index (χ1v) is 10.3. The lowest BCUT2D eigenvalue weighted by molar-refractivity contribution is 0.0697. The maximum absolute atomic E-state index is 12.9. The van der Waals surface area contributed by atoms with Crippen molar-refractivity contribution in [3.8, 4) is 5.69 Å². The molecule has 0 saturated heterocycles. The minimum absolute atomic E-state index is 0.218. The number of nitrogens with zero attached hydrogens (tertiary/aromatic N) is 4. The summed E-state index contributed by atoms with van der Waals surface area (Å²) >= 11 is 3.39. The van der Waals surface area contributed by atoms with E-state index in [0.29, 0.717) is 16.7 Å². The minimum atomic E-state index is -0.976. The molecule has 0 amide bonds. The number of hydrogen-bond acceptors (Lipinski definition) is 4. The fraction of sp³-hybridized carbons (Fsp3) is 0.130. The first-order valence-electron chi connectivity index (χ1n) is 9.52. The highest BCUT2D eigenvalue weighted by Crippen LogP contribution is 2.21. The molecule has 4 aromatic rings. The highest BCUT2D eigenvalue weighted by atomic mass is 79.9. The number of rotatable bonds is 4. The molecule has 4 rings (SSSR count). The number of benzene rings is 2. The molecule has 2 aromatic heterocycles. The first-order chi connectivity index (χ1) is 14.8. The third kappa shape index (κ3) is 3.82. The summed E-state index contributed by atoms with van der Waals surface area (Å²) in [6.07, 6.45) is 1.62. The first kappa shape index (κ1) is 20.7. The van der Waals surface area contributed by atoms with Gasteiger partial charge in [0, 0.05) is 27.1 Å². The summed E-state index contributed by atoms with van der Waals surface area (Å²) in [5, 5.41) is 14.2. The van der Waals surface area contributed by atoms with E-state index >= 15 is 0 Å². The standard InChI is InChI=1S/C23H19BrN4O3/c1-13-9-17(14(2)27(13)19-6-4-5-16(10-19)23(30)31)12-25-28-15(3)26-21-8-7-18(24)11-20(21)22(28)29/h4-12H,1-3H3,(H,30,31). The number of aromatic carboxylic acids is 1. The van der Waals surface area contributed by atoms with E-state index < -0.39 is 5.97 Å². The summed E-state index contributed by atoms with van der Waals surface area (Å²) in [6, 6.07) is 14.1. The van der Waals surface area contributed by atoms with Crippen molar-refractivity contribution in [2.24, 2.45) is 5.10 Å². The van der Waals surface area contributed by atoms with Crippen LogP contribution in [0.3, 0.4) is 0 Å². The predicted molar refractivity (Wildman–Crippen MR) is 124 cm³/mol. The van der Waals surface area contributed by atoms with Crippen molar-refractivity contribution in [2.75, 3.05) is 0 Å². The Morgan fingerprint density at radius 2 is 1.90 bits per heavy atom. The smallest absolute Gasteiger partial charge is 0.335 e. The van der Waals surface area contributed by atoms with E-state index in [1.807, 2.05) is 36.6 Å². The molecule has 0 atom stereocenters. The van der Waals surface area contributed by atoms with Gasteiger partial charge in [-0.1, -0.05) is 22.0 Å². The van der Waals surface area contributed by atoms with Crippen LogP contribution in [0.5, 0.6) is 0 Å². The van der Waals surface area contributed by atoms with Gasteiger partial charge in [-0.2, -0.15) is 9.78 Å². The number of halogens is 1. The maximum atomic E-state index is 12.9. The van der Waals surface area contributed by atoms with E-state index in [9.17, 15) is 14.7 Å². The van der Waals surface area contributed by atoms with Crippen LogP contribution in [0, 0.1) is 20.8 Å². The zero-order valence-corrected chi connectivity index (χ0v) is 18.7. The Bertz CT molecular complexity index is 1430. The quantitative estimate of drug-likeness (QED) is 0.438. The molecule has 2 aromatic carbocycles. The van der Waals surface area contributed by atoms with Crippen molar-refractivity contribution in [3.05, 3.63) is 91.7 Å². The summed E-state index contributed by atoms with van der Waals surface area (Å²) < 4.78 is 4.04. The van der Waals surface area contributed by atoms with Gasteiger partial charge in [0.15, 0.2) is 0 Å². The second-order valence-electron chi connectivity index (χ2n) is 7.20. The van der Waals surface area contributed by atoms with Crippen molar-refractivity contribution < 1.29 is 9.90 Å². The van der Waals surface area contributed by atoms with Gasteiger partial charge in [-0.25, -0.2) is 9.78 Å². The predicted octanol–water partition coefficient (Wildman–Crippen LogP) is 4.46. The fourth-order valence-electron chi connectivity index (χ4n) is 3.61. The van der Waals surface area contributed by atoms with Gasteiger partial charge in [0.25, 0.3) is 5.56 Å². The van der Waals surface area contributed by atoms with E-state index in [1.165, 1.54) is 4.68 Å². The second kappa shape index (κ2) is 7.96. The Hall–Kier alpha value is -3.52. The Kier molecular flexibility index (Phi) is 5.32. The second-order valence-corrected chi connectivity index (χ2v) is 8.12. The zero-order chi connectivity index (χ0) is 22.3. The third-order valence-corrected chi connectivity index (χ3v) is 5.60. The van der Waals surface area contributed by atoms with Crippen LogP contribution in [0.1, 0.15) is 33.1 Å². The molecule has 0 spiro atoms. The Morgan fingerprint density at radius 3 is 2.65 bits per heavy atom. The zero-order valence-electron chi connectivity index (χ0n) is 17.1. The van der Waals surface area contributed by atoms with Crippen LogP contribution < -0.4 is 5.56 Å². The highest BCUT2D eigenvalue weighted by molar-refractivity contribution is 9.10. The molecule has 0 saturated carbocycles. The number of hydrogen-bond donors (Lipinski definition) is 1. The molecule has 0 unspecified atom stereocenters. The summed E-state index contributed by atoms with van der Waals surface area (Å²) in [7, 11) is 0. The van der Waals surface area contributed by atoms with Crippen LogP contribution in [0.4, 0.5) is 0 Å². The summed E-state index contributed by atoms with van der Waals surface area (Å²) in [5.74, 6) is -0.490. The van der Waals surface area contributed by atoms with Gasteiger partial charge in [-0.15, -0.1) is 0 Å². The van der Waals surface area contributed by atoms with Crippen LogP contribution in [0.15, 0.2) is 62.9 Å². The lowest BCUT2D eigenvalue weighted by atomic mass is 10.2. The van der Waals surface area contributed by atoms with Gasteiger partial charge >= 0.3 is 5.97 Å². The SMILES string of the molecule is Cc1cc(C=Nn2c(C)nc3ccc(Br)cc3c2=O)c(C)n1-c1cccc(C(=O)O)c1. The molecule has 156 valence electrons. The third-order valence-electron chi connectivity index (χ3n) is 5.10. The summed E-state index contributed by atoms with van der Waals surface area (Å²) in [5.41, 5.74) is 3.96.